The summed E-state index contributed by atoms with van der Waals surface area (Å²) in [6.45, 7) is 1.84. The van der Waals surface area contributed by atoms with Gasteiger partial charge in [0.05, 0.1) is 23.3 Å². The Kier molecular flexibility index (Phi) is 7.60. The summed E-state index contributed by atoms with van der Waals surface area (Å²) in [4.78, 5) is 26.0. The third-order valence-electron chi connectivity index (χ3n) is 5.51. The summed E-state index contributed by atoms with van der Waals surface area (Å²) in [5, 5.41) is 11.9. The summed E-state index contributed by atoms with van der Waals surface area (Å²) < 4.78 is 1.71. The quantitative estimate of drug-likeness (QED) is 0.346. The van der Waals surface area contributed by atoms with Gasteiger partial charge in [-0.25, -0.2) is 0 Å². The first kappa shape index (κ1) is 24.6. The Hall–Kier alpha value is -3.52. The van der Waals surface area contributed by atoms with Crippen LogP contribution in [0.4, 0.5) is 0 Å². The van der Waals surface area contributed by atoms with Crippen LogP contribution in [0, 0.1) is 6.92 Å². The topological polar surface area (TPSA) is 103 Å². The molecule has 0 aliphatic carbocycles. The van der Waals surface area contributed by atoms with Crippen LogP contribution < -0.4 is 11.1 Å². The highest BCUT2D eigenvalue weighted by Gasteiger charge is 2.22. The van der Waals surface area contributed by atoms with Gasteiger partial charge in [0.15, 0.2) is 11.6 Å². The van der Waals surface area contributed by atoms with Crippen molar-refractivity contribution in [2.75, 3.05) is 0 Å². The monoisotopic (exact) mass is 507 g/mol. The van der Waals surface area contributed by atoms with E-state index in [2.05, 4.69) is 15.5 Å². The Morgan fingerprint density at radius 2 is 1.69 bits per heavy atom. The summed E-state index contributed by atoms with van der Waals surface area (Å²) in [7, 11) is 0. The maximum atomic E-state index is 13.4. The van der Waals surface area contributed by atoms with Gasteiger partial charge in [0.25, 0.3) is 0 Å². The Morgan fingerprint density at radius 1 is 0.971 bits per heavy atom. The predicted molar refractivity (Wildman–Crippen MR) is 136 cm³/mol. The van der Waals surface area contributed by atoms with Gasteiger partial charge in [-0.2, -0.15) is 0 Å². The van der Waals surface area contributed by atoms with Gasteiger partial charge in [0.2, 0.25) is 5.91 Å². The highest BCUT2D eigenvalue weighted by atomic mass is 35.5. The molecule has 9 heteroatoms. The van der Waals surface area contributed by atoms with Crippen molar-refractivity contribution >= 4 is 34.9 Å². The van der Waals surface area contributed by atoms with Gasteiger partial charge in [0.1, 0.15) is 5.82 Å². The summed E-state index contributed by atoms with van der Waals surface area (Å²) in [5.41, 5.74) is 8.29. The molecule has 0 fully saturated rings. The van der Waals surface area contributed by atoms with Crippen LogP contribution in [-0.2, 0) is 17.8 Å². The van der Waals surface area contributed by atoms with E-state index in [-0.39, 0.29) is 18.2 Å². The van der Waals surface area contributed by atoms with E-state index in [1.807, 2.05) is 30.3 Å². The molecule has 0 saturated carbocycles. The van der Waals surface area contributed by atoms with Crippen LogP contribution in [0.5, 0.6) is 0 Å². The number of nitrogens with zero attached hydrogens (tertiary/aromatic N) is 3. The second kappa shape index (κ2) is 10.8. The molecule has 7 nitrogen and oxygen atoms in total. The van der Waals surface area contributed by atoms with E-state index in [1.54, 1.807) is 54.0 Å². The van der Waals surface area contributed by atoms with Gasteiger partial charge in [-0.1, -0.05) is 65.7 Å². The largest absolute Gasteiger partial charge is 0.347 e. The molecule has 178 valence electrons. The van der Waals surface area contributed by atoms with E-state index in [0.717, 1.165) is 5.56 Å². The molecule has 0 radical (unpaired) electrons. The lowest BCUT2D eigenvalue weighted by Crippen LogP contribution is -2.42. The number of aromatic nitrogens is 3. The number of benzene rings is 3. The number of nitrogens with two attached hydrogens (primary N) is 1. The van der Waals surface area contributed by atoms with Gasteiger partial charge >= 0.3 is 0 Å². The molecule has 0 bridgehead atoms. The smallest absolute Gasteiger partial charge is 0.237 e. The molecule has 0 spiro atoms. The third kappa shape index (κ3) is 5.59. The maximum absolute atomic E-state index is 13.4. The van der Waals surface area contributed by atoms with Crippen molar-refractivity contribution < 1.29 is 9.59 Å². The number of rotatable bonds is 8. The molecule has 4 aromatic rings. The molecule has 1 atom stereocenters. The van der Waals surface area contributed by atoms with Crippen LogP contribution in [0.25, 0.3) is 5.69 Å². The molecular formula is C26H23Cl2N5O2. The molecule has 1 amide bonds. The van der Waals surface area contributed by atoms with Crippen molar-refractivity contribution in [3.8, 4) is 5.69 Å². The minimum atomic E-state index is -0.720. The van der Waals surface area contributed by atoms with Gasteiger partial charge in [0, 0.05) is 16.1 Å². The Labute approximate surface area is 212 Å². The second-order valence-corrected chi connectivity index (χ2v) is 8.83. The Balaban J connectivity index is 1.60. The van der Waals surface area contributed by atoms with Gasteiger partial charge < -0.3 is 11.1 Å². The molecule has 0 unspecified atom stereocenters. The second-order valence-electron chi connectivity index (χ2n) is 7.98. The van der Waals surface area contributed by atoms with Crippen molar-refractivity contribution in [2.45, 2.75) is 25.9 Å². The number of aryl methyl sites for hydroxylation is 1. The predicted octanol–water partition coefficient (Wildman–Crippen LogP) is 4.30. The minimum Gasteiger partial charge on any atom is -0.347 e. The minimum absolute atomic E-state index is 0.0739. The number of nitrogens with one attached hydrogen (secondary N) is 1. The van der Waals surface area contributed by atoms with Crippen LogP contribution in [0.3, 0.4) is 0 Å². The lowest BCUT2D eigenvalue weighted by molar-refractivity contribution is -0.122. The first-order valence-corrected chi connectivity index (χ1v) is 11.7. The van der Waals surface area contributed by atoms with Crippen LogP contribution in [0.2, 0.25) is 10.0 Å². The Bertz CT molecular complexity index is 1370. The van der Waals surface area contributed by atoms with Crippen molar-refractivity contribution in [1.82, 2.24) is 20.1 Å². The van der Waals surface area contributed by atoms with Gasteiger partial charge in [-0.15, -0.1) is 10.2 Å². The van der Waals surface area contributed by atoms with Crippen molar-refractivity contribution in [3.63, 3.8) is 0 Å². The first-order valence-electron chi connectivity index (χ1n) is 10.9. The van der Waals surface area contributed by atoms with Crippen LogP contribution in [0.15, 0.2) is 72.8 Å². The fraction of sp³-hybridized carbons (Fsp3) is 0.154. The van der Waals surface area contributed by atoms with Gasteiger partial charge in [-0.05, 0) is 49.2 Å². The Morgan fingerprint density at radius 3 is 2.43 bits per heavy atom. The first-order chi connectivity index (χ1) is 16.8. The molecule has 4 rings (SSSR count). The van der Waals surface area contributed by atoms with E-state index in [1.165, 1.54) is 0 Å². The lowest BCUT2D eigenvalue weighted by atomic mass is 10.0. The zero-order valence-corrected chi connectivity index (χ0v) is 20.4. The molecular weight excluding hydrogens is 485 g/mol. The zero-order chi connectivity index (χ0) is 24.9. The fourth-order valence-electron chi connectivity index (χ4n) is 3.77. The number of hydrogen-bond acceptors (Lipinski definition) is 5. The van der Waals surface area contributed by atoms with Crippen LogP contribution in [-0.4, -0.2) is 32.5 Å². The highest BCUT2D eigenvalue weighted by molar-refractivity contribution is 6.35. The van der Waals surface area contributed by atoms with E-state index >= 15 is 0 Å². The average Bonchev–Trinajstić information content (AvgIpc) is 3.23. The maximum Gasteiger partial charge on any atom is 0.237 e. The number of ketones is 1. The standard InChI is InChI=1S/C26H23Cl2N5O2/c1-16-31-32-24(15-30-26(35)22(29)13-17-7-3-2-4-8-17)33(16)23-12-11-18(27)14-20(23)25(34)19-9-5-6-10-21(19)28/h2-12,14,22H,13,15,29H2,1H3,(H,30,35)/t22-/m0/s1. The van der Waals surface area contributed by atoms with E-state index in [4.69, 9.17) is 28.9 Å². The SMILES string of the molecule is Cc1nnc(CNC(=O)[C@@H](N)Cc2ccccc2)n1-c1ccc(Cl)cc1C(=O)c1ccccc1Cl. The lowest BCUT2D eigenvalue weighted by Gasteiger charge is -2.16. The molecule has 3 N–H and O–H groups in total. The zero-order valence-electron chi connectivity index (χ0n) is 18.9. The third-order valence-corrected chi connectivity index (χ3v) is 6.08. The van der Waals surface area contributed by atoms with E-state index in [9.17, 15) is 9.59 Å². The summed E-state index contributed by atoms with van der Waals surface area (Å²) in [5.74, 6) is 0.377. The van der Waals surface area contributed by atoms with Crippen LogP contribution >= 0.6 is 23.2 Å². The summed E-state index contributed by atoms with van der Waals surface area (Å²) in [6.07, 6.45) is 0.409. The van der Waals surface area contributed by atoms with Crippen LogP contribution in [0.1, 0.15) is 33.1 Å². The average molecular weight is 508 g/mol. The normalized spacial score (nSPS) is 11.8. The van der Waals surface area contributed by atoms with Crippen molar-refractivity contribution in [1.29, 1.82) is 0 Å². The summed E-state index contributed by atoms with van der Waals surface area (Å²) in [6, 6.07) is 20.6. The molecule has 1 heterocycles. The number of hydrogen-bond donors (Lipinski definition) is 2. The van der Waals surface area contributed by atoms with Gasteiger partial charge in [-0.3, -0.25) is 14.2 Å². The molecule has 35 heavy (non-hydrogen) atoms. The molecule has 3 aromatic carbocycles. The van der Waals surface area contributed by atoms with Crippen molar-refractivity contribution in [3.05, 3.63) is 111 Å². The number of halogens is 2. The highest BCUT2D eigenvalue weighted by Crippen LogP contribution is 2.27. The van der Waals surface area contributed by atoms with E-state index in [0.29, 0.717) is 44.9 Å². The number of carbonyl (C=O) groups is 2. The fourth-order valence-corrected chi connectivity index (χ4v) is 4.16. The van der Waals surface area contributed by atoms with E-state index < -0.39 is 6.04 Å². The molecule has 0 aliphatic heterocycles. The molecule has 1 aromatic heterocycles. The molecule has 0 aliphatic rings. The number of carbonyl (C=O) groups excluding carboxylic acids is 2. The number of amides is 1. The van der Waals surface area contributed by atoms with Crippen molar-refractivity contribution in [2.24, 2.45) is 5.73 Å². The molecule has 0 saturated heterocycles. The summed E-state index contributed by atoms with van der Waals surface area (Å²) >= 11 is 12.5.